The maximum atomic E-state index is 12.1. The van der Waals surface area contributed by atoms with E-state index in [-0.39, 0.29) is 15.9 Å². The molecule has 1 amide bonds. The van der Waals surface area contributed by atoms with Gasteiger partial charge in [0, 0.05) is 11.8 Å². The Hall–Kier alpha value is -1.89. The van der Waals surface area contributed by atoms with Crippen molar-refractivity contribution in [1.29, 1.82) is 0 Å². The highest BCUT2D eigenvalue weighted by molar-refractivity contribution is 7.90. The molecule has 1 atom stereocenters. The first-order valence-electron chi connectivity index (χ1n) is 7.24. The molecule has 7 heteroatoms. The molecule has 0 heterocycles. The summed E-state index contributed by atoms with van der Waals surface area (Å²) in [6.45, 7) is 5.99. The van der Waals surface area contributed by atoms with Gasteiger partial charge in [-0.1, -0.05) is 20.8 Å². The minimum Gasteiger partial charge on any atom is -0.480 e. The van der Waals surface area contributed by atoms with Crippen LogP contribution in [0.5, 0.6) is 0 Å². The standard InChI is InChI=1S/C16H23NO5S/c1-16(2,3)10-9-13(15(19)20)17-14(18)11-5-7-12(8-6-11)23(4,21)22/h5-8,13H,9-10H2,1-4H3,(H,17,18)(H,19,20). The molecule has 128 valence electrons. The molecule has 6 nitrogen and oxygen atoms in total. The number of aliphatic carboxylic acids is 1. The number of sulfone groups is 1. The molecular formula is C16H23NO5S. The van der Waals surface area contributed by atoms with Gasteiger partial charge in [-0.25, -0.2) is 13.2 Å². The maximum Gasteiger partial charge on any atom is 0.326 e. The summed E-state index contributed by atoms with van der Waals surface area (Å²) in [6, 6.07) is 4.42. The van der Waals surface area contributed by atoms with Gasteiger partial charge in [0.15, 0.2) is 9.84 Å². The van der Waals surface area contributed by atoms with Gasteiger partial charge >= 0.3 is 5.97 Å². The number of carboxylic acids is 1. The number of carbonyl (C=O) groups is 2. The van der Waals surface area contributed by atoms with E-state index < -0.39 is 27.8 Å². The highest BCUT2D eigenvalue weighted by Crippen LogP contribution is 2.22. The molecule has 0 saturated carbocycles. The number of carboxylic acid groups (broad SMARTS) is 1. The van der Waals surface area contributed by atoms with Crippen LogP contribution < -0.4 is 5.32 Å². The zero-order valence-electron chi connectivity index (χ0n) is 13.8. The third-order valence-electron chi connectivity index (χ3n) is 3.33. The Balaban J connectivity index is 2.81. The van der Waals surface area contributed by atoms with Crippen molar-refractivity contribution in [1.82, 2.24) is 5.32 Å². The molecule has 0 aliphatic rings. The Bertz CT molecular complexity index is 671. The fraction of sp³-hybridized carbons (Fsp3) is 0.500. The molecular weight excluding hydrogens is 318 g/mol. The van der Waals surface area contributed by atoms with Crippen molar-refractivity contribution in [3.63, 3.8) is 0 Å². The zero-order chi connectivity index (χ0) is 17.8. The molecule has 0 aromatic heterocycles. The van der Waals surface area contributed by atoms with Crippen molar-refractivity contribution in [2.24, 2.45) is 5.41 Å². The van der Waals surface area contributed by atoms with Crippen LogP contribution in [0, 0.1) is 5.41 Å². The van der Waals surface area contributed by atoms with E-state index in [9.17, 15) is 23.1 Å². The first kappa shape index (κ1) is 19.2. The number of benzene rings is 1. The topological polar surface area (TPSA) is 101 Å². The second kappa shape index (κ2) is 7.12. The Morgan fingerprint density at radius 1 is 1.17 bits per heavy atom. The summed E-state index contributed by atoms with van der Waals surface area (Å²) in [7, 11) is -3.33. The summed E-state index contributed by atoms with van der Waals surface area (Å²) in [5, 5.41) is 11.7. The maximum absolute atomic E-state index is 12.1. The Morgan fingerprint density at radius 2 is 1.70 bits per heavy atom. The molecule has 0 saturated heterocycles. The van der Waals surface area contributed by atoms with Gasteiger partial charge in [0.05, 0.1) is 4.90 Å². The summed E-state index contributed by atoms with van der Waals surface area (Å²) < 4.78 is 22.8. The minimum absolute atomic E-state index is 0.0322. The highest BCUT2D eigenvalue weighted by atomic mass is 32.2. The van der Waals surface area contributed by atoms with Crippen LogP contribution in [0.4, 0.5) is 0 Å². The van der Waals surface area contributed by atoms with Crippen molar-refractivity contribution in [3.05, 3.63) is 29.8 Å². The van der Waals surface area contributed by atoms with Crippen molar-refractivity contribution in [2.75, 3.05) is 6.26 Å². The van der Waals surface area contributed by atoms with Crippen molar-refractivity contribution in [2.45, 2.75) is 44.6 Å². The van der Waals surface area contributed by atoms with E-state index in [1.807, 2.05) is 20.8 Å². The number of nitrogens with one attached hydrogen (secondary N) is 1. The Kier molecular flexibility index (Phi) is 5.93. The van der Waals surface area contributed by atoms with Gasteiger partial charge in [0.2, 0.25) is 0 Å². The van der Waals surface area contributed by atoms with Gasteiger partial charge in [-0.15, -0.1) is 0 Å². The average Bonchev–Trinajstić information content (AvgIpc) is 2.41. The predicted molar refractivity (Wildman–Crippen MR) is 87.1 cm³/mol. The number of carbonyl (C=O) groups excluding carboxylic acids is 1. The lowest BCUT2D eigenvalue weighted by Gasteiger charge is -2.21. The van der Waals surface area contributed by atoms with E-state index in [1.165, 1.54) is 24.3 Å². The van der Waals surface area contributed by atoms with Gasteiger partial charge in [-0.3, -0.25) is 4.79 Å². The molecule has 0 spiro atoms. The van der Waals surface area contributed by atoms with E-state index in [1.54, 1.807) is 0 Å². The van der Waals surface area contributed by atoms with E-state index >= 15 is 0 Å². The summed E-state index contributed by atoms with van der Waals surface area (Å²) in [6.07, 6.45) is 2.05. The number of amides is 1. The van der Waals surface area contributed by atoms with E-state index in [0.717, 1.165) is 6.26 Å². The number of rotatable bonds is 6. The van der Waals surface area contributed by atoms with Crippen LogP contribution in [-0.4, -0.2) is 37.7 Å². The fourth-order valence-electron chi connectivity index (χ4n) is 1.93. The molecule has 0 aliphatic carbocycles. The van der Waals surface area contributed by atoms with Gasteiger partial charge in [0.25, 0.3) is 5.91 Å². The molecule has 1 aromatic rings. The molecule has 23 heavy (non-hydrogen) atoms. The summed E-state index contributed by atoms with van der Waals surface area (Å²) in [5.41, 5.74) is 0.189. The smallest absolute Gasteiger partial charge is 0.326 e. The Labute approximate surface area is 136 Å². The quantitative estimate of drug-likeness (QED) is 0.825. The summed E-state index contributed by atoms with van der Waals surface area (Å²) in [5.74, 6) is -1.62. The molecule has 0 fully saturated rings. The van der Waals surface area contributed by atoms with Crippen molar-refractivity contribution in [3.8, 4) is 0 Å². The first-order valence-corrected chi connectivity index (χ1v) is 9.13. The lowest BCUT2D eigenvalue weighted by molar-refractivity contribution is -0.139. The lowest BCUT2D eigenvalue weighted by Crippen LogP contribution is -2.41. The third kappa shape index (κ3) is 6.40. The van der Waals surface area contributed by atoms with Crippen LogP contribution in [0.1, 0.15) is 44.0 Å². The summed E-state index contributed by atoms with van der Waals surface area (Å²) >= 11 is 0. The second-order valence-corrected chi connectivity index (χ2v) is 8.78. The van der Waals surface area contributed by atoms with Crippen LogP contribution in [0.2, 0.25) is 0 Å². The highest BCUT2D eigenvalue weighted by Gasteiger charge is 2.23. The summed E-state index contributed by atoms with van der Waals surface area (Å²) in [4.78, 5) is 23.5. The molecule has 0 aliphatic heterocycles. The van der Waals surface area contributed by atoms with E-state index in [2.05, 4.69) is 5.32 Å². The van der Waals surface area contributed by atoms with Crippen LogP contribution in [0.15, 0.2) is 29.2 Å². The predicted octanol–water partition coefficient (Wildman–Crippen LogP) is 2.10. The average molecular weight is 341 g/mol. The zero-order valence-corrected chi connectivity index (χ0v) is 14.6. The van der Waals surface area contributed by atoms with Crippen molar-refractivity contribution >= 4 is 21.7 Å². The monoisotopic (exact) mass is 341 g/mol. The largest absolute Gasteiger partial charge is 0.480 e. The molecule has 1 unspecified atom stereocenters. The number of hydrogen-bond acceptors (Lipinski definition) is 4. The van der Waals surface area contributed by atoms with Gasteiger partial charge in [-0.05, 0) is 42.5 Å². The molecule has 0 bridgehead atoms. The van der Waals surface area contributed by atoms with Crippen LogP contribution in [0.25, 0.3) is 0 Å². The van der Waals surface area contributed by atoms with Gasteiger partial charge in [-0.2, -0.15) is 0 Å². The Morgan fingerprint density at radius 3 is 2.09 bits per heavy atom. The normalized spacial score (nSPS) is 13.4. The first-order chi connectivity index (χ1) is 10.4. The number of hydrogen-bond donors (Lipinski definition) is 2. The molecule has 1 aromatic carbocycles. The van der Waals surface area contributed by atoms with Gasteiger partial charge < -0.3 is 10.4 Å². The van der Waals surface area contributed by atoms with Crippen LogP contribution >= 0.6 is 0 Å². The molecule has 2 N–H and O–H groups in total. The molecule has 1 rings (SSSR count). The SMILES string of the molecule is CC(C)(C)CCC(NC(=O)c1ccc(S(C)(=O)=O)cc1)C(=O)O. The van der Waals surface area contributed by atoms with E-state index in [4.69, 9.17) is 0 Å². The van der Waals surface area contributed by atoms with Crippen LogP contribution in [0.3, 0.4) is 0 Å². The molecule has 0 radical (unpaired) electrons. The fourth-order valence-corrected chi connectivity index (χ4v) is 2.56. The third-order valence-corrected chi connectivity index (χ3v) is 4.46. The lowest BCUT2D eigenvalue weighted by atomic mass is 9.88. The second-order valence-electron chi connectivity index (χ2n) is 6.76. The minimum atomic E-state index is -3.33. The van der Waals surface area contributed by atoms with Crippen molar-refractivity contribution < 1.29 is 23.1 Å². The van der Waals surface area contributed by atoms with E-state index in [0.29, 0.717) is 12.8 Å². The van der Waals surface area contributed by atoms with Gasteiger partial charge in [0.1, 0.15) is 6.04 Å². The van der Waals surface area contributed by atoms with Crippen LogP contribution in [-0.2, 0) is 14.6 Å².